The van der Waals surface area contributed by atoms with E-state index in [0.717, 1.165) is 11.3 Å². The molecule has 0 radical (unpaired) electrons. The summed E-state index contributed by atoms with van der Waals surface area (Å²) in [5.74, 6) is 0.431. The highest BCUT2D eigenvalue weighted by Gasteiger charge is 2.29. The van der Waals surface area contributed by atoms with Crippen molar-refractivity contribution in [1.82, 2.24) is 5.32 Å². The van der Waals surface area contributed by atoms with E-state index in [1.807, 2.05) is 24.3 Å². The zero-order valence-corrected chi connectivity index (χ0v) is 9.14. The Hall–Kier alpha value is -1.55. The summed E-state index contributed by atoms with van der Waals surface area (Å²) in [5.41, 5.74) is 0.922. The predicted octanol–water partition coefficient (Wildman–Crippen LogP) is 0.660. The molecule has 4 heteroatoms. The number of carbonyl (C=O) groups excluding carboxylic acids is 1. The fraction of sp³-hybridized carbons (Fsp3) is 0.417. The molecule has 2 atom stereocenters. The molecule has 1 amide bonds. The molecule has 1 heterocycles. The third-order valence-corrected chi connectivity index (χ3v) is 2.59. The van der Waals surface area contributed by atoms with Gasteiger partial charge in [-0.1, -0.05) is 18.2 Å². The number of amides is 1. The van der Waals surface area contributed by atoms with E-state index in [4.69, 9.17) is 9.84 Å². The van der Waals surface area contributed by atoms with Crippen molar-refractivity contribution in [1.29, 1.82) is 0 Å². The van der Waals surface area contributed by atoms with Crippen LogP contribution < -0.4 is 10.1 Å². The van der Waals surface area contributed by atoms with Crippen LogP contribution in [0.15, 0.2) is 24.3 Å². The lowest BCUT2D eigenvalue weighted by Gasteiger charge is -2.11. The molecule has 1 aliphatic heterocycles. The molecule has 16 heavy (non-hydrogen) atoms. The zero-order chi connectivity index (χ0) is 11.5. The first-order valence-electron chi connectivity index (χ1n) is 5.36. The highest BCUT2D eigenvalue weighted by atomic mass is 16.5. The van der Waals surface area contributed by atoms with Crippen molar-refractivity contribution < 1.29 is 14.6 Å². The van der Waals surface area contributed by atoms with Crippen LogP contribution in [0.2, 0.25) is 0 Å². The molecule has 1 aromatic carbocycles. The van der Waals surface area contributed by atoms with E-state index in [2.05, 4.69) is 5.32 Å². The molecule has 0 fully saturated rings. The lowest BCUT2D eigenvalue weighted by Crippen LogP contribution is -2.35. The molecule has 4 nitrogen and oxygen atoms in total. The molecule has 0 spiro atoms. The third kappa shape index (κ3) is 2.17. The van der Waals surface area contributed by atoms with Crippen LogP contribution in [-0.2, 0) is 4.79 Å². The van der Waals surface area contributed by atoms with Crippen LogP contribution in [0.25, 0.3) is 0 Å². The van der Waals surface area contributed by atoms with Crippen LogP contribution in [0.3, 0.4) is 0 Å². The van der Waals surface area contributed by atoms with Gasteiger partial charge in [0.25, 0.3) is 0 Å². The average Bonchev–Trinajstić information content (AvgIpc) is 2.69. The van der Waals surface area contributed by atoms with E-state index in [1.54, 1.807) is 6.92 Å². The van der Waals surface area contributed by atoms with Gasteiger partial charge in [-0.3, -0.25) is 4.79 Å². The summed E-state index contributed by atoms with van der Waals surface area (Å²) in [4.78, 5) is 11.8. The van der Waals surface area contributed by atoms with Gasteiger partial charge in [0.2, 0.25) is 5.91 Å². The first kappa shape index (κ1) is 11.0. The molecular formula is C12H15NO3. The molecule has 2 N–H and O–H groups in total. The average molecular weight is 221 g/mol. The van der Waals surface area contributed by atoms with Crippen LogP contribution in [0.1, 0.15) is 18.4 Å². The molecule has 1 aliphatic rings. The van der Waals surface area contributed by atoms with Crippen molar-refractivity contribution in [3.05, 3.63) is 29.8 Å². The van der Waals surface area contributed by atoms with E-state index in [9.17, 15) is 4.79 Å². The van der Waals surface area contributed by atoms with E-state index in [-0.39, 0.29) is 18.4 Å². The smallest absolute Gasteiger partial charge is 0.231 e. The maximum Gasteiger partial charge on any atom is 0.231 e. The number of aliphatic hydroxyl groups excluding tert-OH is 1. The Morgan fingerprint density at radius 2 is 2.38 bits per heavy atom. The second kappa shape index (κ2) is 4.53. The zero-order valence-electron chi connectivity index (χ0n) is 9.14. The first-order chi connectivity index (χ1) is 7.68. The summed E-state index contributed by atoms with van der Waals surface area (Å²) >= 11 is 0. The Labute approximate surface area is 94.2 Å². The van der Waals surface area contributed by atoms with Crippen LogP contribution in [0.5, 0.6) is 5.75 Å². The Morgan fingerprint density at radius 1 is 1.62 bits per heavy atom. The second-order valence-electron chi connectivity index (χ2n) is 4.00. The molecule has 0 aromatic heterocycles. The molecule has 86 valence electrons. The fourth-order valence-corrected chi connectivity index (χ4v) is 1.75. The van der Waals surface area contributed by atoms with E-state index < -0.39 is 6.10 Å². The number of benzene rings is 1. The van der Waals surface area contributed by atoms with Crippen molar-refractivity contribution >= 4 is 5.91 Å². The fourth-order valence-electron chi connectivity index (χ4n) is 1.75. The minimum Gasteiger partial charge on any atom is -0.492 e. The van der Waals surface area contributed by atoms with Crippen molar-refractivity contribution in [2.75, 3.05) is 13.2 Å². The second-order valence-corrected chi connectivity index (χ2v) is 4.00. The summed E-state index contributed by atoms with van der Waals surface area (Å²) in [6, 6.07) is 7.53. The number of hydrogen-bond acceptors (Lipinski definition) is 3. The number of carbonyl (C=O) groups is 1. The standard InChI is InChI=1S/C12H15NO3/c1-8(14)6-13-12(15)10-7-16-11-5-3-2-4-9(10)11/h2-5,8,10,14H,6-7H2,1H3,(H,13,15)/t8-,10?/m1/s1. The number of fused-ring (bicyclic) bond motifs is 1. The monoisotopic (exact) mass is 221 g/mol. The van der Waals surface area contributed by atoms with Crippen LogP contribution in [0.4, 0.5) is 0 Å². The molecule has 2 rings (SSSR count). The number of para-hydroxylation sites is 1. The topological polar surface area (TPSA) is 58.6 Å². The number of rotatable bonds is 3. The van der Waals surface area contributed by atoms with Crippen molar-refractivity contribution in [3.63, 3.8) is 0 Å². The van der Waals surface area contributed by atoms with Gasteiger partial charge in [0.1, 0.15) is 18.3 Å². The number of ether oxygens (including phenoxy) is 1. The van der Waals surface area contributed by atoms with Gasteiger partial charge >= 0.3 is 0 Å². The summed E-state index contributed by atoms with van der Waals surface area (Å²) in [6.45, 7) is 2.29. The molecule has 0 saturated carbocycles. The Morgan fingerprint density at radius 3 is 3.12 bits per heavy atom. The van der Waals surface area contributed by atoms with Gasteiger partial charge in [-0.05, 0) is 13.0 Å². The van der Waals surface area contributed by atoms with Crippen LogP contribution in [-0.4, -0.2) is 30.3 Å². The Bertz CT molecular complexity index is 390. The van der Waals surface area contributed by atoms with Crippen molar-refractivity contribution in [2.24, 2.45) is 0 Å². The molecule has 0 aliphatic carbocycles. The first-order valence-corrected chi connectivity index (χ1v) is 5.36. The van der Waals surface area contributed by atoms with E-state index >= 15 is 0 Å². The van der Waals surface area contributed by atoms with Crippen molar-refractivity contribution in [3.8, 4) is 5.75 Å². The third-order valence-electron chi connectivity index (χ3n) is 2.59. The van der Waals surface area contributed by atoms with Gasteiger partial charge in [-0.25, -0.2) is 0 Å². The van der Waals surface area contributed by atoms with Gasteiger partial charge in [-0.2, -0.15) is 0 Å². The SMILES string of the molecule is C[C@@H](O)CNC(=O)C1COc2ccccc21. The van der Waals surface area contributed by atoms with E-state index in [0.29, 0.717) is 6.61 Å². The number of hydrogen-bond donors (Lipinski definition) is 2. The quantitative estimate of drug-likeness (QED) is 0.788. The molecule has 1 unspecified atom stereocenters. The Balaban J connectivity index is 2.04. The number of nitrogens with one attached hydrogen (secondary N) is 1. The van der Waals surface area contributed by atoms with Gasteiger partial charge < -0.3 is 15.2 Å². The Kier molecular flexibility index (Phi) is 3.10. The maximum atomic E-state index is 11.8. The summed E-state index contributed by atoms with van der Waals surface area (Å²) in [7, 11) is 0. The van der Waals surface area contributed by atoms with Gasteiger partial charge in [0.05, 0.1) is 6.10 Å². The minimum atomic E-state index is -0.526. The predicted molar refractivity (Wildman–Crippen MR) is 59.4 cm³/mol. The number of aliphatic hydroxyl groups is 1. The van der Waals surface area contributed by atoms with Gasteiger partial charge in [0.15, 0.2) is 0 Å². The highest BCUT2D eigenvalue weighted by molar-refractivity contribution is 5.85. The van der Waals surface area contributed by atoms with E-state index in [1.165, 1.54) is 0 Å². The minimum absolute atomic E-state index is 0.0918. The molecular weight excluding hydrogens is 206 g/mol. The van der Waals surface area contributed by atoms with Gasteiger partial charge in [-0.15, -0.1) is 0 Å². The maximum absolute atomic E-state index is 11.8. The lowest BCUT2D eigenvalue weighted by molar-refractivity contribution is -0.123. The normalized spacial score (nSPS) is 19.8. The largest absolute Gasteiger partial charge is 0.492 e. The summed E-state index contributed by atoms with van der Waals surface area (Å²) < 4.78 is 5.42. The summed E-state index contributed by atoms with van der Waals surface area (Å²) in [5, 5.41) is 11.8. The van der Waals surface area contributed by atoms with Crippen LogP contribution >= 0.6 is 0 Å². The molecule has 0 bridgehead atoms. The van der Waals surface area contributed by atoms with Crippen molar-refractivity contribution in [2.45, 2.75) is 18.9 Å². The lowest BCUT2D eigenvalue weighted by atomic mass is 10.0. The molecule has 1 aromatic rings. The highest BCUT2D eigenvalue weighted by Crippen LogP contribution is 2.33. The van der Waals surface area contributed by atoms with Gasteiger partial charge in [0, 0.05) is 12.1 Å². The molecule has 0 saturated heterocycles. The summed E-state index contributed by atoms with van der Waals surface area (Å²) in [6.07, 6.45) is -0.526. The van der Waals surface area contributed by atoms with Crippen LogP contribution in [0, 0.1) is 0 Å².